The van der Waals surface area contributed by atoms with E-state index in [4.69, 9.17) is 43.0 Å². The summed E-state index contributed by atoms with van der Waals surface area (Å²) in [5.41, 5.74) is 0.517. The van der Waals surface area contributed by atoms with Gasteiger partial charge < -0.3 is 78.6 Å². The Morgan fingerprint density at radius 2 is 1.34 bits per heavy atom. The fourth-order valence-electron chi connectivity index (χ4n) is 5.36. The van der Waals surface area contributed by atoms with Gasteiger partial charge in [-0.1, -0.05) is 5.21 Å². The minimum Gasteiger partial charge on any atom is -0.477 e. The number of amides is 1. The van der Waals surface area contributed by atoms with Gasteiger partial charge in [-0.25, -0.2) is 22.6 Å². The molecule has 6 atom stereocenters. The van der Waals surface area contributed by atoms with Gasteiger partial charge in [-0.15, -0.1) is 5.10 Å². The van der Waals surface area contributed by atoms with Gasteiger partial charge in [0.25, 0.3) is 5.79 Å². The molecule has 0 bridgehead atoms. The molecule has 2 unspecified atom stereocenters. The van der Waals surface area contributed by atoms with Crippen LogP contribution in [0.3, 0.4) is 0 Å². The standard InChI is InChI=1S/C35H49F5N4O18/c36-25-26(37)28(39)32(29(40)27(25)38)61-24(50)1-3-54-5-7-56-9-10-57-8-6-55-4-2-44-16-20(42-43-44)19-59-12-11-58-13-14-60-35(34(52)53)15-21(47)30(41-23(49)18-46)33(62-35)31(51)22(48)17-45/h16,21-22,30-31,33,45-48,51H,1-15,17-19H2,(H,41,49)(H,52,53)/t21-,22+,30?,31?,33+,35+/m0/s1. The molecule has 2 heterocycles. The van der Waals surface area contributed by atoms with Crippen molar-refractivity contribution in [2.45, 2.75) is 62.2 Å². The second-order valence-electron chi connectivity index (χ2n) is 13.0. The quantitative estimate of drug-likeness (QED) is 0.0105. The lowest BCUT2D eigenvalue weighted by Gasteiger charge is -2.46. The topological polar surface area (TPSA) is 298 Å². The smallest absolute Gasteiger partial charge is 0.364 e. The average molecular weight is 909 g/mol. The Balaban J connectivity index is 1.18. The van der Waals surface area contributed by atoms with Crippen LogP contribution in [0.5, 0.6) is 5.75 Å². The molecule has 0 radical (unpaired) electrons. The Labute approximate surface area is 349 Å². The van der Waals surface area contributed by atoms with Crippen LogP contribution in [0.15, 0.2) is 6.20 Å². The van der Waals surface area contributed by atoms with E-state index in [1.165, 1.54) is 0 Å². The van der Waals surface area contributed by atoms with Crippen molar-refractivity contribution in [3.8, 4) is 5.75 Å². The number of hydrogen-bond donors (Lipinski definition) is 7. The van der Waals surface area contributed by atoms with Crippen LogP contribution in [-0.4, -0.2) is 192 Å². The molecule has 22 nitrogen and oxygen atoms in total. The molecule has 1 fully saturated rings. The molecule has 1 aliphatic rings. The normalized spacial score (nSPS) is 19.9. The minimum absolute atomic E-state index is 0.0276. The van der Waals surface area contributed by atoms with E-state index in [1.54, 1.807) is 10.9 Å². The fourth-order valence-corrected chi connectivity index (χ4v) is 5.36. The molecule has 0 aliphatic carbocycles. The van der Waals surface area contributed by atoms with E-state index in [0.717, 1.165) is 0 Å². The third kappa shape index (κ3) is 16.2. The summed E-state index contributed by atoms with van der Waals surface area (Å²) in [6, 6.07) is -1.47. The Hall–Kier alpha value is -4.10. The summed E-state index contributed by atoms with van der Waals surface area (Å²) >= 11 is 0. The number of benzene rings is 1. The van der Waals surface area contributed by atoms with E-state index in [2.05, 4.69) is 20.4 Å². The first-order chi connectivity index (χ1) is 29.6. The van der Waals surface area contributed by atoms with Gasteiger partial charge in [0, 0.05) is 6.42 Å². The number of carbonyl (C=O) groups is 3. The molecule has 27 heteroatoms. The second-order valence-corrected chi connectivity index (χ2v) is 13.0. The molecule has 0 spiro atoms. The van der Waals surface area contributed by atoms with Crippen molar-refractivity contribution in [2.24, 2.45) is 0 Å². The van der Waals surface area contributed by atoms with Crippen LogP contribution in [-0.2, 0) is 65.4 Å². The number of nitrogens with zero attached hydrogens (tertiary/aromatic N) is 3. The maximum absolute atomic E-state index is 13.6. The zero-order chi connectivity index (χ0) is 45.7. The number of ether oxygens (including phenoxy) is 9. The number of aliphatic hydroxyl groups excluding tert-OH is 5. The summed E-state index contributed by atoms with van der Waals surface area (Å²) in [6.07, 6.45) is -6.84. The lowest BCUT2D eigenvalue weighted by molar-refractivity contribution is -0.313. The van der Waals surface area contributed by atoms with Gasteiger partial charge in [0.15, 0.2) is 0 Å². The van der Waals surface area contributed by atoms with E-state index >= 15 is 0 Å². The van der Waals surface area contributed by atoms with E-state index < -0.39 is 115 Å². The third-order valence-electron chi connectivity index (χ3n) is 8.48. The van der Waals surface area contributed by atoms with E-state index in [1.807, 2.05) is 0 Å². The second kappa shape index (κ2) is 27.2. The van der Waals surface area contributed by atoms with Crippen molar-refractivity contribution in [2.75, 3.05) is 92.5 Å². The summed E-state index contributed by atoms with van der Waals surface area (Å²) < 4.78 is 116. The summed E-state index contributed by atoms with van der Waals surface area (Å²) in [4.78, 5) is 35.6. The molecular formula is C35H49F5N4O18. The molecule has 1 saturated heterocycles. The van der Waals surface area contributed by atoms with Crippen molar-refractivity contribution in [1.29, 1.82) is 0 Å². The Morgan fingerprint density at radius 3 is 1.90 bits per heavy atom. The van der Waals surface area contributed by atoms with Crippen molar-refractivity contribution in [1.82, 2.24) is 20.3 Å². The Kier molecular flexibility index (Phi) is 22.9. The lowest BCUT2D eigenvalue weighted by atomic mass is 9.88. The summed E-state index contributed by atoms with van der Waals surface area (Å²) in [6.45, 7) is -0.677. The predicted molar refractivity (Wildman–Crippen MR) is 190 cm³/mol. The van der Waals surface area contributed by atoms with Crippen LogP contribution in [0.4, 0.5) is 22.0 Å². The number of aliphatic hydroxyl groups is 5. The summed E-state index contributed by atoms with van der Waals surface area (Å²) in [5.74, 6) is -19.5. The van der Waals surface area contributed by atoms with Crippen LogP contribution in [0.25, 0.3) is 0 Å². The molecule has 0 saturated carbocycles. The number of carbonyl (C=O) groups excluding carboxylic acids is 2. The minimum atomic E-state index is -2.53. The van der Waals surface area contributed by atoms with E-state index in [-0.39, 0.29) is 79.3 Å². The van der Waals surface area contributed by atoms with Crippen LogP contribution in [0.2, 0.25) is 0 Å². The van der Waals surface area contributed by atoms with E-state index in [9.17, 15) is 61.9 Å². The third-order valence-corrected chi connectivity index (χ3v) is 8.48. The maximum Gasteiger partial charge on any atom is 0.364 e. The fraction of sp³-hybridized carbons (Fsp3) is 0.686. The highest BCUT2D eigenvalue weighted by molar-refractivity contribution is 5.78. The van der Waals surface area contributed by atoms with E-state index in [0.29, 0.717) is 18.8 Å². The maximum atomic E-state index is 13.6. The van der Waals surface area contributed by atoms with Gasteiger partial charge in [0.2, 0.25) is 40.7 Å². The van der Waals surface area contributed by atoms with Gasteiger partial charge in [-0.3, -0.25) is 9.59 Å². The van der Waals surface area contributed by atoms with Crippen molar-refractivity contribution in [3.63, 3.8) is 0 Å². The first-order valence-corrected chi connectivity index (χ1v) is 18.8. The predicted octanol–water partition coefficient (Wildman–Crippen LogP) is -2.29. The largest absolute Gasteiger partial charge is 0.477 e. The average Bonchev–Trinajstić information content (AvgIpc) is 3.72. The monoisotopic (exact) mass is 908 g/mol. The molecule has 1 aromatic heterocycles. The molecule has 1 aromatic carbocycles. The molecule has 62 heavy (non-hydrogen) atoms. The molecule has 352 valence electrons. The zero-order valence-electron chi connectivity index (χ0n) is 33.0. The highest BCUT2D eigenvalue weighted by Crippen LogP contribution is 2.34. The van der Waals surface area contributed by atoms with Crippen molar-refractivity contribution >= 4 is 17.8 Å². The van der Waals surface area contributed by atoms with Gasteiger partial charge in [-0.05, 0) is 0 Å². The van der Waals surface area contributed by atoms with Gasteiger partial charge in [0.1, 0.15) is 30.6 Å². The van der Waals surface area contributed by atoms with Crippen molar-refractivity contribution in [3.05, 3.63) is 41.0 Å². The Morgan fingerprint density at radius 1 is 0.806 bits per heavy atom. The summed E-state index contributed by atoms with van der Waals surface area (Å²) in [5, 5.41) is 69.4. The number of esters is 1. The van der Waals surface area contributed by atoms with Crippen LogP contribution >= 0.6 is 0 Å². The Bertz CT molecular complexity index is 1670. The zero-order valence-corrected chi connectivity index (χ0v) is 33.0. The lowest BCUT2D eigenvalue weighted by Crippen LogP contribution is -2.68. The van der Waals surface area contributed by atoms with Crippen LogP contribution in [0, 0.1) is 29.1 Å². The molecule has 3 rings (SSSR count). The number of hydrogen-bond acceptors (Lipinski definition) is 19. The van der Waals surface area contributed by atoms with Gasteiger partial charge in [-0.2, -0.15) is 8.78 Å². The van der Waals surface area contributed by atoms with Crippen molar-refractivity contribution < 1.29 is 110 Å². The summed E-state index contributed by atoms with van der Waals surface area (Å²) in [7, 11) is 0. The molecule has 1 aliphatic heterocycles. The molecule has 2 aromatic rings. The highest BCUT2D eigenvalue weighted by Gasteiger charge is 2.55. The van der Waals surface area contributed by atoms with Gasteiger partial charge >= 0.3 is 11.9 Å². The van der Waals surface area contributed by atoms with Crippen LogP contribution < -0.4 is 10.1 Å². The SMILES string of the molecule is O=C(CO)NC1[C@H](C(O)[C@H](O)CO)O[C@@](OCCOCCOCc2cn(CCOCCOCCOCCOCCC(=O)Oc3c(F)c(F)c(F)c(F)c3F)nn2)(C(=O)O)C[C@@H]1O. The molecule has 1 amide bonds. The molecular weight excluding hydrogens is 859 g/mol. The number of halogens is 5. The highest BCUT2D eigenvalue weighted by atomic mass is 19.2. The number of carboxylic acid groups (broad SMARTS) is 1. The number of rotatable bonds is 31. The first kappa shape index (κ1) is 52.2. The number of aliphatic carboxylic acids is 1. The van der Waals surface area contributed by atoms with Gasteiger partial charge in [0.05, 0.1) is 124 Å². The number of nitrogens with one attached hydrogen (secondary N) is 1. The number of aromatic nitrogens is 3. The molecule has 7 N–H and O–H groups in total. The van der Waals surface area contributed by atoms with Crippen LogP contribution in [0.1, 0.15) is 18.5 Å². The number of carboxylic acids is 1. The first-order valence-electron chi connectivity index (χ1n) is 18.8.